The quantitative estimate of drug-likeness (QED) is 0.0743. The van der Waals surface area contributed by atoms with Crippen LogP contribution < -0.4 is 39.2 Å². The predicted octanol–water partition coefficient (Wildman–Crippen LogP) is 33.3. The molecular weight excluding hydrogens is 1580 g/mol. The smallest absolute Gasteiger partial charge is 0.0992 e. The van der Waals surface area contributed by atoms with Gasteiger partial charge in [0.25, 0.3) is 0 Å². The Hall–Kier alpha value is -17.2. The van der Waals surface area contributed by atoms with Crippen LogP contribution >= 0.6 is 0 Å². The molecule has 0 saturated carbocycles. The molecule has 0 saturated heterocycles. The van der Waals surface area contributed by atoms with E-state index >= 15 is 0 Å². The minimum absolute atomic E-state index is 0.658. The largest absolute Gasteiger partial charge is 0.345 e. The Morgan fingerprint density at radius 1 is 0.146 bits per heavy atom. The molecule has 0 aliphatic carbocycles. The molecule has 0 amide bonds. The van der Waals surface area contributed by atoms with Crippen LogP contribution in [0.5, 0.6) is 0 Å². The third kappa shape index (κ3) is 18.8. The van der Waals surface area contributed by atoms with Gasteiger partial charge in [0.2, 0.25) is 0 Å². The Bertz CT molecular complexity index is 7300. The number of nitrogens with zero attached hydrogens (tertiary/aromatic N) is 9. The molecule has 130 heavy (non-hydrogen) atoms. The van der Waals surface area contributed by atoms with Gasteiger partial charge in [-0.15, -0.1) is 0 Å². The van der Waals surface area contributed by atoms with E-state index in [4.69, 9.17) is 5.26 Å². The minimum atomic E-state index is 0.658. The van der Waals surface area contributed by atoms with Gasteiger partial charge >= 0.3 is 0 Å². The lowest BCUT2D eigenvalue weighted by molar-refractivity contribution is 1.20. The van der Waals surface area contributed by atoms with Gasteiger partial charge in [0.05, 0.1) is 28.7 Å². The van der Waals surface area contributed by atoms with Gasteiger partial charge in [0.15, 0.2) is 0 Å². The van der Waals surface area contributed by atoms with Crippen LogP contribution in [-0.2, 0) is 0 Å². The lowest BCUT2D eigenvalue weighted by Crippen LogP contribution is -2.12. The first kappa shape index (κ1) is 83.7. The maximum absolute atomic E-state index is 9.15. The average Bonchev–Trinajstić information content (AvgIpc) is 0.786. The van der Waals surface area contributed by atoms with Crippen LogP contribution in [0.4, 0.5) is 114 Å². The van der Waals surface area contributed by atoms with Crippen LogP contribution in [0, 0.1) is 11.3 Å². The van der Waals surface area contributed by atoms with E-state index in [1.807, 2.05) is 49.5 Å². The first-order chi connectivity index (χ1) is 64.1. The number of benzene rings is 21. The molecule has 0 heterocycles. The standard InChI is InChI=1S/2C33H26N2.C29H24N2.C26H21N3/c1-34(32-19-9-13-25-11-5-7-17-30(25)32)27-21-23-29(24-22-27)35(28-15-3-2-4-16-28)33-20-10-14-26-12-6-8-18-31(26)33;1-34(31-19-18-25-10-5-6-12-27(25)24-31)28-20-22-30(23-21-28)35(29-14-3-2-4-15-29)33-17-9-13-26-11-7-8-16-32(26)33;1-30(24-13-4-2-5-14-24)25-19-21-27(22-20-25)31(26-15-6-3-7-16-26)29-18-10-12-23-11-8-9-17-28(23)29;1-28(26-14-8-9-21(19-26)20-27)22-15-17-25(18-16-22)29(23-10-4-2-5-11-23)24-12-6-3-7-13-24/h2*2-24H,1H3;2-22H,1H3;2-19H,1H3. The summed E-state index contributed by atoms with van der Waals surface area (Å²) in [6.07, 6.45) is 0. The van der Waals surface area contributed by atoms with Crippen molar-refractivity contribution in [3.63, 3.8) is 0 Å². The Balaban J connectivity index is 0.000000117. The fraction of sp³-hybridized carbons (Fsp3) is 0.0331. The fourth-order valence-corrected chi connectivity index (χ4v) is 17.0. The Labute approximate surface area is 762 Å². The van der Waals surface area contributed by atoms with Crippen molar-refractivity contribution < 1.29 is 0 Å². The number of hydrogen-bond acceptors (Lipinski definition) is 9. The van der Waals surface area contributed by atoms with Gasteiger partial charge in [-0.25, -0.2) is 0 Å². The van der Waals surface area contributed by atoms with Crippen LogP contribution in [-0.4, -0.2) is 28.2 Å². The molecule has 21 aromatic rings. The van der Waals surface area contributed by atoms with Crippen molar-refractivity contribution in [1.82, 2.24) is 0 Å². The second kappa shape index (κ2) is 39.8. The molecule has 21 rings (SSSR count). The average molecular weight is 1680 g/mol. The van der Waals surface area contributed by atoms with E-state index in [0.29, 0.717) is 5.56 Å². The zero-order valence-electron chi connectivity index (χ0n) is 73.1. The Kier molecular flexibility index (Phi) is 25.6. The van der Waals surface area contributed by atoms with E-state index in [9.17, 15) is 0 Å². The molecular formula is C121H97N9. The van der Waals surface area contributed by atoms with Crippen molar-refractivity contribution in [3.05, 3.63) is 521 Å². The van der Waals surface area contributed by atoms with Crippen molar-refractivity contribution in [2.24, 2.45) is 0 Å². The van der Waals surface area contributed by atoms with E-state index in [1.165, 1.54) is 88.0 Å². The number of fused-ring (bicyclic) bond motifs is 5. The highest BCUT2D eigenvalue weighted by molar-refractivity contribution is 6.03. The molecule has 0 spiro atoms. The maximum atomic E-state index is 9.15. The van der Waals surface area contributed by atoms with E-state index in [1.54, 1.807) is 0 Å². The highest BCUT2D eigenvalue weighted by atomic mass is 15.2. The Morgan fingerprint density at radius 3 is 0.700 bits per heavy atom. The van der Waals surface area contributed by atoms with Crippen LogP contribution in [0.3, 0.4) is 0 Å². The normalized spacial score (nSPS) is 10.8. The van der Waals surface area contributed by atoms with Gasteiger partial charge in [-0.1, -0.05) is 291 Å². The Morgan fingerprint density at radius 2 is 0.354 bits per heavy atom. The summed E-state index contributed by atoms with van der Waals surface area (Å²) in [5.74, 6) is 0. The van der Waals surface area contributed by atoms with Crippen molar-refractivity contribution in [2.75, 3.05) is 67.4 Å². The van der Waals surface area contributed by atoms with Crippen LogP contribution in [0.25, 0.3) is 53.9 Å². The molecule has 626 valence electrons. The topological polar surface area (TPSA) is 49.7 Å². The first-order valence-corrected chi connectivity index (χ1v) is 43.9. The molecule has 9 heteroatoms. The van der Waals surface area contributed by atoms with Gasteiger partial charge < -0.3 is 39.2 Å². The summed E-state index contributed by atoms with van der Waals surface area (Å²) in [5, 5.41) is 21.6. The van der Waals surface area contributed by atoms with Gasteiger partial charge in [-0.05, 0) is 257 Å². The molecule has 21 aromatic carbocycles. The fourth-order valence-electron chi connectivity index (χ4n) is 17.0. The molecule has 0 unspecified atom stereocenters. The minimum Gasteiger partial charge on any atom is -0.345 e. The summed E-state index contributed by atoms with van der Waals surface area (Å²) in [4.78, 5) is 18.0. The second-order valence-electron chi connectivity index (χ2n) is 31.8. The van der Waals surface area contributed by atoms with Gasteiger partial charge in [0, 0.05) is 146 Å². The van der Waals surface area contributed by atoms with E-state index < -0.39 is 0 Å². The molecule has 0 atom stereocenters. The van der Waals surface area contributed by atoms with Crippen LogP contribution in [0.1, 0.15) is 5.56 Å². The molecule has 9 nitrogen and oxygen atoms in total. The summed E-state index contributed by atoms with van der Waals surface area (Å²) in [6, 6.07) is 183. The lowest BCUT2D eigenvalue weighted by atomic mass is 10.1. The monoisotopic (exact) mass is 1680 g/mol. The van der Waals surface area contributed by atoms with Gasteiger partial charge in [0.1, 0.15) is 0 Å². The van der Waals surface area contributed by atoms with Gasteiger partial charge in [-0.2, -0.15) is 5.26 Å². The summed E-state index contributed by atoms with van der Waals surface area (Å²) >= 11 is 0. The van der Waals surface area contributed by atoms with Crippen LogP contribution in [0.15, 0.2) is 516 Å². The van der Waals surface area contributed by atoms with Crippen molar-refractivity contribution in [2.45, 2.75) is 0 Å². The maximum Gasteiger partial charge on any atom is 0.0992 e. The molecule has 0 fully saturated rings. The zero-order valence-corrected chi connectivity index (χ0v) is 73.1. The number of para-hydroxylation sites is 6. The lowest BCUT2D eigenvalue weighted by Gasteiger charge is -2.28. The highest BCUT2D eigenvalue weighted by Crippen LogP contribution is 2.46. The van der Waals surface area contributed by atoms with Gasteiger partial charge in [-0.3, -0.25) is 0 Å². The molecule has 0 N–H and O–H groups in total. The highest BCUT2D eigenvalue weighted by Gasteiger charge is 2.22. The summed E-state index contributed by atoms with van der Waals surface area (Å²) in [7, 11) is 8.37. The summed E-state index contributed by atoms with van der Waals surface area (Å²) < 4.78 is 0. The van der Waals surface area contributed by atoms with E-state index in [2.05, 4.69) is 540 Å². The molecule has 0 aromatic heterocycles. The molecule has 0 aliphatic rings. The first-order valence-electron chi connectivity index (χ1n) is 43.9. The number of anilines is 20. The number of nitriles is 1. The summed E-state index contributed by atoms with van der Waals surface area (Å²) in [6.45, 7) is 0. The molecule has 0 bridgehead atoms. The molecule has 0 radical (unpaired) electrons. The van der Waals surface area contributed by atoms with Crippen molar-refractivity contribution >= 4 is 168 Å². The number of hydrogen-bond donors (Lipinski definition) is 0. The second-order valence-corrected chi connectivity index (χ2v) is 31.8. The molecule has 0 aliphatic heterocycles. The van der Waals surface area contributed by atoms with E-state index in [-0.39, 0.29) is 0 Å². The third-order valence-electron chi connectivity index (χ3n) is 23.8. The third-order valence-corrected chi connectivity index (χ3v) is 23.8. The van der Waals surface area contributed by atoms with Crippen molar-refractivity contribution in [1.29, 1.82) is 5.26 Å². The SMILES string of the molecule is CN(c1ccc(N(c2ccccc2)c2cccc3ccccc23)cc1)c1ccc2ccccc2c1.CN(c1ccc(N(c2ccccc2)c2cccc3ccccc23)cc1)c1cccc2ccccc12.CN(c1ccc(N(c2ccccc2)c2ccccc2)cc1)c1cccc(C#N)c1.CN(c1ccccc1)c1ccc(N(c2ccccc2)c2cccc3ccccc23)cc1. The van der Waals surface area contributed by atoms with Crippen molar-refractivity contribution in [3.8, 4) is 6.07 Å². The zero-order chi connectivity index (χ0) is 88.3. The van der Waals surface area contributed by atoms with Crippen LogP contribution in [0.2, 0.25) is 0 Å². The van der Waals surface area contributed by atoms with E-state index in [0.717, 1.165) is 79.6 Å². The summed E-state index contributed by atoms with van der Waals surface area (Å²) in [5.41, 5.74) is 23.3. The number of rotatable bonds is 20. The predicted molar refractivity (Wildman–Crippen MR) is 555 cm³/mol.